The van der Waals surface area contributed by atoms with Crippen LogP contribution in [0.2, 0.25) is 10.0 Å². The van der Waals surface area contributed by atoms with Gasteiger partial charge >= 0.3 is 11.9 Å². The van der Waals surface area contributed by atoms with E-state index in [0.717, 1.165) is 11.8 Å². The van der Waals surface area contributed by atoms with Gasteiger partial charge in [-0.05, 0) is 78.7 Å². The Kier molecular flexibility index (Phi) is 11.6. The average molecular weight is 900 g/mol. The van der Waals surface area contributed by atoms with Gasteiger partial charge in [0, 0.05) is 95.7 Å². The molecule has 322 valence electrons. The zero-order valence-electron chi connectivity index (χ0n) is 34.2. The minimum absolute atomic E-state index is 0.0308. The molecule has 2 aliphatic carbocycles. The van der Waals surface area contributed by atoms with Crippen LogP contribution < -0.4 is 26.3 Å². The fourth-order valence-electron chi connectivity index (χ4n) is 7.70. The van der Waals surface area contributed by atoms with Crippen LogP contribution in [0.3, 0.4) is 0 Å². The molecule has 0 saturated heterocycles. The summed E-state index contributed by atoms with van der Waals surface area (Å²) in [6.07, 6.45) is 0. The first kappa shape index (κ1) is 43.0. The molecule has 5 N–H and O–H groups in total. The molecule has 0 spiro atoms. The number of fused-ring (bicyclic) bond motifs is 4. The Morgan fingerprint density at radius 3 is 2.09 bits per heavy atom. The number of hydrogen-bond acceptors (Lipinski definition) is 10. The SMILES string of the molecule is CC/N=c1\ccc2c(-c3c(Cl)c(C(=O)NCC(=O)NCc4ccc(-c5c6ccc(=O)cc-6oc6cc(O)ccc56)c(C(=O)O)c4)cc(Cl)c3C(=O)O)c3ccc(N(C)C)cc3oc-2c1. The summed E-state index contributed by atoms with van der Waals surface area (Å²) in [5.41, 5.74) is 2.93. The Labute approximate surface area is 373 Å². The second-order valence-electron chi connectivity index (χ2n) is 14.9. The second kappa shape index (κ2) is 17.2. The summed E-state index contributed by atoms with van der Waals surface area (Å²) in [7, 11) is 3.73. The fourth-order valence-corrected chi connectivity index (χ4v) is 8.31. The Morgan fingerprint density at radius 1 is 0.703 bits per heavy atom. The van der Waals surface area contributed by atoms with Crippen LogP contribution in [-0.2, 0) is 11.3 Å². The smallest absolute Gasteiger partial charge is 0.337 e. The Hall–Kier alpha value is -7.68. The number of carbonyl (C=O) groups is 4. The minimum atomic E-state index is -1.39. The van der Waals surface area contributed by atoms with Crippen molar-refractivity contribution < 1.29 is 43.3 Å². The third-order valence-corrected chi connectivity index (χ3v) is 11.3. The largest absolute Gasteiger partial charge is 0.508 e. The number of benzene rings is 6. The second-order valence-corrected chi connectivity index (χ2v) is 15.7. The Morgan fingerprint density at radius 2 is 1.38 bits per heavy atom. The molecule has 16 heteroatoms. The van der Waals surface area contributed by atoms with Crippen molar-refractivity contribution in [2.45, 2.75) is 13.5 Å². The van der Waals surface area contributed by atoms with Crippen LogP contribution in [0.5, 0.6) is 5.75 Å². The van der Waals surface area contributed by atoms with Crippen LogP contribution in [0.25, 0.3) is 66.8 Å². The van der Waals surface area contributed by atoms with Gasteiger partial charge in [-0.15, -0.1) is 0 Å². The van der Waals surface area contributed by atoms with Gasteiger partial charge in [0.15, 0.2) is 5.43 Å². The number of rotatable bonds is 11. The quantitative estimate of drug-likeness (QED) is 0.0777. The van der Waals surface area contributed by atoms with Gasteiger partial charge in [0.05, 0.1) is 38.6 Å². The molecular formula is C48H36Cl2N4O10. The van der Waals surface area contributed by atoms with Crippen molar-refractivity contribution in [2.24, 2.45) is 4.99 Å². The van der Waals surface area contributed by atoms with Crippen molar-refractivity contribution >= 4 is 74.6 Å². The molecule has 8 rings (SSSR count). The van der Waals surface area contributed by atoms with Crippen molar-refractivity contribution in [3.8, 4) is 50.7 Å². The number of phenols is 1. The van der Waals surface area contributed by atoms with Crippen molar-refractivity contribution in [3.63, 3.8) is 0 Å². The van der Waals surface area contributed by atoms with E-state index in [1.165, 1.54) is 30.3 Å². The molecule has 0 aromatic heterocycles. The van der Waals surface area contributed by atoms with Gasteiger partial charge in [0.1, 0.15) is 28.4 Å². The number of carboxylic acids is 2. The Bertz CT molecular complexity index is 3320. The predicted octanol–water partition coefficient (Wildman–Crippen LogP) is 8.52. The van der Waals surface area contributed by atoms with Crippen LogP contribution in [0.1, 0.15) is 43.6 Å². The molecule has 0 unspecified atom stereocenters. The van der Waals surface area contributed by atoms with E-state index < -0.39 is 30.3 Å². The lowest BCUT2D eigenvalue weighted by molar-refractivity contribution is -0.120. The molecule has 4 aliphatic rings. The van der Waals surface area contributed by atoms with Gasteiger partial charge in [-0.1, -0.05) is 35.3 Å². The number of nitrogens with one attached hydrogen (secondary N) is 2. The van der Waals surface area contributed by atoms with Gasteiger partial charge in [-0.25, -0.2) is 9.59 Å². The first-order chi connectivity index (χ1) is 30.6. The van der Waals surface area contributed by atoms with E-state index >= 15 is 0 Å². The number of amides is 2. The maximum Gasteiger partial charge on any atom is 0.337 e. The maximum atomic E-state index is 13.8. The highest BCUT2D eigenvalue weighted by molar-refractivity contribution is 6.41. The molecule has 64 heavy (non-hydrogen) atoms. The number of phenolic OH excluding ortho intramolecular Hbond substituents is 1. The summed E-state index contributed by atoms with van der Waals surface area (Å²) in [6.45, 7) is 1.74. The average Bonchev–Trinajstić information content (AvgIpc) is 3.26. The molecule has 4 aromatic carbocycles. The van der Waals surface area contributed by atoms with Crippen LogP contribution >= 0.6 is 23.2 Å². The Balaban J connectivity index is 1.08. The number of hydrogen-bond donors (Lipinski definition) is 5. The lowest BCUT2D eigenvalue weighted by Gasteiger charge is -2.21. The number of aromatic hydroxyl groups is 1. The molecule has 14 nitrogen and oxygen atoms in total. The number of nitrogens with zero attached hydrogens (tertiary/aromatic N) is 2. The third kappa shape index (κ3) is 8.07. The monoisotopic (exact) mass is 898 g/mol. The van der Waals surface area contributed by atoms with Crippen molar-refractivity contribution in [3.05, 3.63) is 145 Å². The van der Waals surface area contributed by atoms with E-state index in [2.05, 4.69) is 15.6 Å². The third-order valence-electron chi connectivity index (χ3n) is 10.6. The number of carboxylic acid groups (broad SMARTS) is 2. The minimum Gasteiger partial charge on any atom is -0.508 e. The first-order valence-electron chi connectivity index (χ1n) is 19.7. The summed E-state index contributed by atoms with van der Waals surface area (Å²) >= 11 is 13.7. The fraction of sp³-hybridized carbons (Fsp3) is 0.125. The van der Waals surface area contributed by atoms with Crippen LogP contribution in [0.15, 0.2) is 116 Å². The molecule has 0 saturated carbocycles. The number of aromatic carboxylic acids is 2. The normalized spacial score (nSPS) is 11.7. The lowest BCUT2D eigenvalue weighted by atomic mass is 9.89. The molecule has 0 bridgehead atoms. The van der Waals surface area contributed by atoms with Crippen LogP contribution in [0, 0.1) is 0 Å². The van der Waals surface area contributed by atoms with E-state index in [1.807, 2.05) is 32.0 Å². The number of anilines is 1. The summed E-state index contributed by atoms with van der Waals surface area (Å²) in [5.74, 6) is -3.62. The molecule has 0 atom stereocenters. The molecule has 2 amide bonds. The van der Waals surface area contributed by atoms with Crippen LogP contribution in [-0.4, -0.2) is 66.3 Å². The van der Waals surface area contributed by atoms with E-state index in [-0.39, 0.29) is 61.4 Å². The van der Waals surface area contributed by atoms with Crippen molar-refractivity contribution in [2.75, 3.05) is 32.1 Å². The van der Waals surface area contributed by atoms with Gasteiger partial charge in [-0.3, -0.25) is 19.4 Å². The van der Waals surface area contributed by atoms with Gasteiger partial charge in [0.2, 0.25) is 5.91 Å². The van der Waals surface area contributed by atoms with E-state index in [1.54, 1.807) is 54.6 Å². The lowest BCUT2D eigenvalue weighted by Crippen LogP contribution is -2.36. The standard InChI is InChI=1S/C48H36Cl2N4O10/c1-4-51-24-6-11-31-36(16-24)63-37-17-25(54(2)3)7-12-32(37)42(31)44-43(48(61)62)35(49)20-34(45(44)50)46(58)53-22-40(57)52-21-23-5-10-28(33(15-23)47(59)60)41-29-13-8-26(55)18-38(29)64-39-19-27(56)9-14-30(39)41/h5-20,55H,4,21-22H2,1-3H3,(H,52,57)(H,53,58)(H,59,60)(H,61,62)/b51-24+. The molecule has 2 heterocycles. The number of halogens is 2. The zero-order chi connectivity index (χ0) is 45.6. The van der Waals surface area contributed by atoms with Crippen molar-refractivity contribution in [1.29, 1.82) is 0 Å². The summed E-state index contributed by atoms with van der Waals surface area (Å²) < 4.78 is 12.3. The molecule has 2 aliphatic heterocycles. The molecule has 4 aromatic rings. The zero-order valence-corrected chi connectivity index (χ0v) is 35.7. The van der Waals surface area contributed by atoms with E-state index in [0.29, 0.717) is 67.4 Å². The summed E-state index contributed by atoms with van der Waals surface area (Å²) in [6, 6.07) is 24.9. The predicted molar refractivity (Wildman–Crippen MR) is 243 cm³/mol. The number of carbonyl (C=O) groups excluding carboxylic acids is 2. The van der Waals surface area contributed by atoms with E-state index in [4.69, 9.17) is 32.0 Å². The molecule has 0 radical (unpaired) electrons. The first-order valence-corrected chi connectivity index (χ1v) is 20.4. The van der Waals surface area contributed by atoms with Gasteiger partial charge in [-0.2, -0.15) is 0 Å². The molecule has 0 fully saturated rings. The highest BCUT2D eigenvalue weighted by atomic mass is 35.5. The molecular weight excluding hydrogens is 863 g/mol. The van der Waals surface area contributed by atoms with E-state index in [9.17, 15) is 39.3 Å². The summed E-state index contributed by atoms with van der Waals surface area (Å²) in [5, 5.41) is 37.3. The van der Waals surface area contributed by atoms with Gasteiger partial charge < -0.3 is 39.7 Å². The topological polar surface area (TPSA) is 212 Å². The highest BCUT2D eigenvalue weighted by Crippen LogP contribution is 2.47. The summed E-state index contributed by atoms with van der Waals surface area (Å²) in [4.78, 5) is 71.1. The van der Waals surface area contributed by atoms with Gasteiger partial charge in [0.25, 0.3) is 5.91 Å². The van der Waals surface area contributed by atoms with Crippen LogP contribution in [0.4, 0.5) is 5.69 Å². The highest BCUT2D eigenvalue weighted by Gasteiger charge is 2.30. The van der Waals surface area contributed by atoms with Crippen molar-refractivity contribution in [1.82, 2.24) is 10.6 Å². The maximum absolute atomic E-state index is 13.8.